The second-order valence-electron chi connectivity index (χ2n) is 3.85. The minimum Gasteiger partial charge on any atom is -0.398 e. The van der Waals surface area contributed by atoms with Crippen molar-refractivity contribution in [2.75, 3.05) is 18.9 Å². The molecule has 0 heterocycles. The van der Waals surface area contributed by atoms with Gasteiger partial charge in [0, 0.05) is 18.8 Å². The van der Waals surface area contributed by atoms with Crippen LogP contribution in [-0.4, -0.2) is 26.7 Å². The van der Waals surface area contributed by atoms with Crippen molar-refractivity contribution in [3.63, 3.8) is 0 Å². The summed E-state index contributed by atoms with van der Waals surface area (Å²) in [5, 5.41) is 8.59. The molecular formula is C11H18N2O3S. The van der Waals surface area contributed by atoms with Crippen LogP contribution in [0.25, 0.3) is 0 Å². The van der Waals surface area contributed by atoms with E-state index in [1.165, 1.54) is 12.1 Å². The van der Waals surface area contributed by atoms with E-state index in [1.54, 1.807) is 6.07 Å². The number of nitrogens with one attached hydrogen (secondary N) is 1. The summed E-state index contributed by atoms with van der Waals surface area (Å²) in [5.41, 5.74) is 6.98. The summed E-state index contributed by atoms with van der Waals surface area (Å²) in [7, 11) is -3.49. The quantitative estimate of drug-likeness (QED) is 0.515. The Kier molecular flexibility index (Phi) is 4.92. The first kappa shape index (κ1) is 14.0. The van der Waals surface area contributed by atoms with Crippen LogP contribution < -0.4 is 10.5 Å². The van der Waals surface area contributed by atoms with Gasteiger partial charge in [0.2, 0.25) is 10.0 Å². The summed E-state index contributed by atoms with van der Waals surface area (Å²) in [5.74, 6) is 0. The molecule has 0 saturated carbocycles. The first-order valence-electron chi connectivity index (χ1n) is 5.44. The Morgan fingerprint density at radius 1 is 1.35 bits per heavy atom. The molecule has 0 amide bonds. The molecule has 0 radical (unpaired) electrons. The molecule has 4 N–H and O–H groups in total. The third-order valence-electron chi connectivity index (χ3n) is 2.44. The Hall–Kier alpha value is -1.11. The van der Waals surface area contributed by atoms with Gasteiger partial charge in [-0.05, 0) is 37.5 Å². The fourth-order valence-corrected chi connectivity index (χ4v) is 2.42. The lowest BCUT2D eigenvalue weighted by molar-refractivity contribution is 0.285. The molecule has 0 atom stereocenters. The lowest BCUT2D eigenvalue weighted by atomic mass is 10.2. The number of benzene rings is 1. The molecule has 1 rings (SSSR count). The number of rotatable bonds is 6. The predicted molar refractivity (Wildman–Crippen MR) is 67.1 cm³/mol. The lowest BCUT2D eigenvalue weighted by Gasteiger charge is -2.08. The van der Waals surface area contributed by atoms with Gasteiger partial charge in [0.1, 0.15) is 0 Å². The first-order chi connectivity index (χ1) is 7.97. The summed E-state index contributed by atoms with van der Waals surface area (Å²) in [6.07, 6.45) is 1.19. The third kappa shape index (κ3) is 3.99. The fourth-order valence-electron chi connectivity index (χ4n) is 1.31. The van der Waals surface area contributed by atoms with E-state index >= 15 is 0 Å². The van der Waals surface area contributed by atoms with E-state index in [-0.39, 0.29) is 11.5 Å². The van der Waals surface area contributed by atoms with Crippen molar-refractivity contribution in [3.05, 3.63) is 23.8 Å². The van der Waals surface area contributed by atoms with Gasteiger partial charge in [0.05, 0.1) is 4.90 Å². The highest BCUT2D eigenvalue weighted by Crippen LogP contribution is 2.16. The highest BCUT2D eigenvalue weighted by Gasteiger charge is 2.13. The fraction of sp³-hybridized carbons (Fsp3) is 0.455. The number of aryl methyl sites for hydroxylation is 1. The maximum atomic E-state index is 11.8. The molecule has 0 aliphatic rings. The van der Waals surface area contributed by atoms with Crippen LogP contribution in [0, 0.1) is 6.92 Å². The number of anilines is 1. The molecule has 0 aliphatic heterocycles. The van der Waals surface area contributed by atoms with Gasteiger partial charge in [-0.25, -0.2) is 13.1 Å². The lowest BCUT2D eigenvalue weighted by Crippen LogP contribution is -2.25. The number of nitrogens with two attached hydrogens (primary N) is 1. The number of hydrogen-bond donors (Lipinski definition) is 3. The van der Waals surface area contributed by atoms with Crippen molar-refractivity contribution in [2.24, 2.45) is 0 Å². The van der Waals surface area contributed by atoms with E-state index in [0.717, 1.165) is 5.56 Å². The van der Waals surface area contributed by atoms with Crippen LogP contribution in [0.1, 0.15) is 18.4 Å². The van der Waals surface area contributed by atoms with Crippen LogP contribution in [-0.2, 0) is 10.0 Å². The van der Waals surface area contributed by atoms with E-state index in [4.69, 9.17) is 10.8 Å². The molecule has 0 aliphatic carbocycles. The van der Waals surface area contributed by atoms with Crippen LogP contribution >= 0.6 is 0 Å². The number of aliphatic hydroxyl groups excluding tert-OH is 1. The summed E-state index contributed by atoms with van der Waals surface area (Å²) in [6, 6.07) is 4.65. The Morgan fingerprint density at radius 2 is 2.06 bits per heavy atom. The monoisotopic (exact) mass is 258 g/mol. The zero-order chi connectivity index (χ0) is 12.9. The smallest absolute Gasteiger partial charge is 0.240 e. The zero-order valence-corrected chi connectivity index (χ0v) is 10.6. The number of hydrogen-bond acceptors (Lipinski definition) is 4. The first-order valence-corrected chi connectivity index (χ1v) is 6.92. The Labute approximate surface area is 102 Å². The van der Waals surface area contributed by atoms with Gasteiger partial charge in [0.25, 0.3) is 0 Å². The maximum Gasteiger partial charge on any atom is 0.240 e. The van der Waals surface area contributed by atoms with Gasteiger partial charge < -0.3 is 10.8 Å². The molecule has 6 heteroatoms. The van der Waals surface area contributed by atoms with E-state index in [0.29, 0.717) is 25.1 Å². The van der Waals surface area contributed by atoms with Crippen LogP contribution in [0.3, 0.4) is 0 Å². The normalized spacial score (nSPS) is 11.6. The number of sulfonamides is 1. The Balaban J connectivity index is 2.72. The second-order valence-corrected chi connectivity index (χ2v) is 5.61. The minimum absolute atomic E-state index is 0.0687. The van der Waals surface area contributed by atoms with Gasteiger partial charge in [0.15, 0.2) is 0 Å². The topological polar surface area (TPSA) is 92.4 Å². The summed E-state index contributed by atoms with van der Waals surface area (Å²) in [4.78, 5) is 0.171. The molecule has 1 aromatic carbocycles. The van der Waals surface area contributed by atoms with Crippen LogP contribution in [0.15, 0.2) is 23.1 Å². The molecule has 5 nitrogen and oxygen atoms in total. The number of aliphatic hydroxyl groups is 1. The van der Waals surface area contributed by atoms with Gasteiger partial charge >= 0.3 is 0 Å². The maximum absolute atomic E-state index is 11.8. The predicted octanol–water partition coefficient (Wildman–Crippen LogP) is 0.628. The Morgan fingerprint density at radius 3 is 2.65 bits per heavy atom. The van der Waals surface area contributed by atoms with Crippen molar-refractivity contribution in [3.8, 4) is 0 Å². The SMILES string of the molecule is Cc1ccc(S(=O)(=O)NCCCCO)cc1N. The Bertz CT molecular complexity index is 472. The largest absolute Gasteiger partial charge is 0.398 e. The molecule has 0 fully saturated rings. The molecule has 1 aromatic rings. The van der Waals surface area contributed by atoms with Gasteiger partial charge in [-0.1, -0.05) is 6.07 Å². The molecule has 17 heavy (non-hydrogen) atoms. The van der Waals surface area contributed by atoms with Crippen molar-refractivity contribution >= 4 is 15.7 Å². The average Bonchev–Trinajstić information content (AvgIpc) is 2.28. The van der Waals surface area contributed by atoms with E-state index < -0.39 is 10.0 Å². The number of nitrogen functional groups attached to an aromatic ring is 1. The molecule has 0 unspecified atom stereocenters. The van der Waals surface area contributed by atoms with Gasteiger partial charge in [-0.15, -0.1) is 0 Å². The minimum atomic E-state index is -3.49. The summed E-state index contributed by atoms with van der Waals surface area (Å²) < 4.78 is 26.1. The second kappa shape index (κ2) is 6.00. The van der Waals surface area contributed by atoms with E-state index in [1.807, 2.05) is 6.92 Å². The molecule has 0 bridgehead atoms. The van der Waals surface area contributed by atoms with Crippen molar-refractivity contribution < 1.29 is 13.5 Å². The average molecular weight is 258 g/mol. The summed E-state index contributed by atoms with van der Waals surface area (Å²) >= 11 is 0. The standard InChI is InChI=1S/C11H18N2O3S/c1-9-4-5-10(8-11(9)12)17(15,16)13-6-2-3-7-14/h4-5,8,13-14H,2-3,6-7,12H2,1H3. The van der Waals surface area contributed by atoms with Crippen molar-refractivity contribution in [2.45, 2.75) is 24.7 Å². The van der Waals surface area contributed by atoms with Crippen LogP contribution in [0.2, 0.25) is 0 Å². The highest BCUT2D eigenvalue weighted by atomic mass is 32.2. The highest BCUT2D eigenvalue weighted by molar-refractivity contribution is 7.89. The van der Waals surface area contributed by atoms with Gasteiger partial charge in [-0.3, -0.25) is 0 Å². The van der Waals surface area contributed by atoms with Gasteiger partial charge in [-0.2, -0.15) is 0 Å². The molecule has 96 valence electrons. The van der Waals surface area contributed by atoms with Crippen LogP contribution in [0.5, 0.6) is 0 Å². The van der Waals surface area contributed by atoms with Crippen molar-refractivity contribution in [1.29, 1.82) is 0 Å². The molecule has 0 aromatic heterocycles. The molecule has 0 saturated heterocycles. The molecule has 0 spiro atoms. The summed E-state index contributed by atoms with van der Waals surface area (Å²) in [6.45, 7) is 2.20. The third-order valence-corrected chi connectivity index (χ3v) is 3.90. The molecular weight excluding hydrogens is 240 g/mol. The number of unbranched alkanes of at least 4 members (excludes halogenated alkanes) is 1. The zero-order valence-electron chi connectivity index (χ0n) is 9.81. The van der Waals surface area contributed by atoms with Crippen molar-refractivity contribution in [1.82, 2.24) is 4.72 Å². The van der Waals surface area contributed by atoms with E-state index in [9.17, 15) is 8.42 Å². The van der Waals surface area contributed by atoms with E-state index in [2.05, 4.69) is 4.72 Å². The van der Waals surface area contributed by atoms with Crippen LogP contribution in [0.4, 0.5) is 5.69 Å².